The topological polar surface area (TPSA) is 29.4 Å². The molecule has 2 saturated carbocycles. The minimum absolute atomic E-state index is 0.291. The van der Waals surface area contributed by atoms with Gasteiger partial charge in [0.25, 0.3) is 0 Å². The zero-order chi connectivity index (χ0) is 15.3. The van der Waals surface area contributed by atoms with Crippen molar-refractivity contribution >= 4 is 6.08 Å². The Bertz CT molecular complexity index is 514. The fourth-order valence-electron chi connectivity index (χ4n) is 6.00. The van der Waals surface area contributed by atoms with E-state index in [1.54, 1.807) is 11.7 Å². The molecule has 4 atom stereocenters. The van der Waals surface area contributed by atoms with E-state index in [1.165, 1.54) is 38.5 Å². The van der Waals surface area contributed by atoms with Gasteiger partial charge in [0.2, 0.25) is 6.08 Å². The zero-order valence-electron chi connectivity index (χ0n) is 14.0. The third kappa shape index (κ3) is 2.32. The van der Waals surface area contributed by atoms with Gasteiger partial charge in [-0.2, -0.15) is 4.99 Å². The van der Waals surface area contributed by atoms with Crippen LogP contribution in [0.4, 0.5) is 0 Å². The first kappa shape index (κ1) is 15.0. The van der Waals surface area contributed by atoms with E-state index >= 15 is 0 Å². The fraction of sp³-hybridized carbons (Fsp3) is 0.842. The number of fused-ring (bicyclic) bond motifs is 3. The molecule has 3 aliphatic carbocycles. The maximum absolute atomic E-state index is 10.7. The monoisotopic (exact) mass is 287 g/mol. The minimum atomic E-state index is -0.291. The summed E-state index contributed by atoms with van der Waals surface area (Å²) in [6, 6.07) is 0. The van der Waals surface area contributed by atoms with E-state index in [9.17, 15) is 4.79 Å². The summed E-state index contributed by atoms with van der Waals surface area (Å²) in [5.41, 5.74) is 2.23. The Morgan fingerprint density at radius 3 is 2.62 bits per heavy atom. The van der Waals surface area contributed by atoms with Gasteiger partial charge in [0, 0.05) is 0 Å². The molecule has 0 radical (unpaired) electrons. The number of carbonyl (C=O) groups excluding carboxylic acids is 1. The van der Waals surface area contributed by atoms with Gasteiger partial charge in [-0.05, 0) is 68.1 Å². The molecule has 0 aromatic carbocycles. The highest BCUT2D eigenvalue weighted by Gasteiger charge is 2.54. The van der Waals surface area contributed by atoms with E-state index in [4.69, 9.17) is 0 Å². The molecule has 2 nitrogen and oxygen atoms in total. The lowest BCUT2D eigenvalue weighted by atomic mass is 9.46. The zero-order valence-corrected chi connectivity index (χ0v) is 14.0. The molecule has 0 bridgehead atoms. The quantitative estimate of drug-likeness (QED) is 0.377. The van der Waals surface area contributed by atoms with Crippen molar-refractivity contribution in [2.24, 2.45) is 27.7 Å². The maximum atomic E-state index is 10.7. The second kappa shape index (κ2) is 4.81. The van der Waals surface area contributed by atoms with Crippen LogP contribution in [0, 0.1) is 22.7 Å². The number of isocyanates is 1. The van der Waals surface area contributed by atoms with E-state index in [2.05, 4.69) is 38.8 Å². The second-order valence-electron chi connectivity index (χ2n) is 8.81. The molecule has 21 heavy (non-hydrogen) atoms. The Kier molecular flexibility index (Phi) is 3.44. The van der Waals surface area contributed by atoms with Crippen LogP contribution in [0.2, 0.25) is 0 Å². The van der Waals surface area contributed by atoms with E-state index in [-0.39, 0.29) is 5.54 Å². The second-order valence-corrected chi connectivity index (χ2v) is 8.81. The van der Waals surface area contributed by atoms with Crippen LogP contribution in [0.1, 0.15) is 72.6 Å². The first-order chi connectivity index (χ1) is 9.81. The van der Waals surface area contributed by atoms with Gasteiger partial charge < -0.3 is 0 Å². The number of allylic oxidation sites excluding steroid dienone is 1. The molecule has 0 aliphatic heterocycles. The Morgan fingerprint density at radius 1 is 1.14 bits per heavy atom. The largest absolute Gasteiger partial charge is 0.235 e. The van der Waals surface area contributed by atoms with Crippen LogP contribution in [0.25, 0.3) is 0 Å². The van der Waals surface area contributed by atoms with Gasteiger partial charge in [0.05, 0.1) is 5.54 Å². The fourth-order valence-corrected chi connectivity index (χ4v) is 6.00. The maximum Gasteiger partial charge on any atom is 0.235 e. The van der Waals surface area contributed by atoms with Gasteiger partial charge in [0.1, 0.15) is 0 Å². The van der Waals surface area contributed by atoms with Crippen LogP contribution in [-0.4, -0.2) is 11.6 Å². The molecule has 2 fully saturated rings. The van der Waals surface area contributed by atoms with Crippen molar-refractivity contribution in [3.05, 3.63) is 11.6 Å². The summed E-state index contributed by atoms with van der Waals surface area (Å²) in [5.74, 6) is 1.56. The van der Waals surface area contributed by atoms with Crippen molar-refractivity contribution in [3.8, 4) is 0 Å². The molecular weight excluding hydrogens is 258 g/mol. The number of nitrogens with zero attached hydrogens (tertiary/aromatic N) is 1. The summed E-state index contributed by atoms with van der Waals surface area (Å²) in [6.07, 6.45) is 12.9. The average molecular weight is 287 g/mol. The molecule has 3 rings (SSSR count). The summed E-state index contributed by atoms with van der Waals surface area (Å²) in [5, 5.41) is 0. The normalized spacial score (nSPS) is 44.9. The first-order valence-electron chi connectivity index (χ1n) is 8.61. The van der Waals surface area contributed by atoms with Gasteiger partial charge in [-0.15, -0.1) is 0 Å². The number of aliphatic imine (C=N–C) groups is 1. The van der Waals surface area contributed by atoms with Crippen molar-refractivity contribution < 1.29 is 4.79 Å². The van der Waals surface area contributed by atoms with Crippen LogP contribution in [0.3, 0.4) is 0 Å². The summed E-state index contributed by atoms with van der Waals surface area (Å²) in [6.45, 7) is 9.59. The minimum Gasteiger partial charge on any atom is -0.211 e. The van der Waals surface area contributed by atoms with E-state index in [1.807, 2.05) is 0 Å². The molecule has 0 heterocycles. The molecule has 0 aromatic rings. The van der Waals surface area contributed by atoms with Crippen molar-refractivity contribution in [1.29, 1.82) is 0 Å². The summed E-state index contributed by atoms with van der Waals surface area (Å²) in [7, 11) is 0. The van der Waals surface area contributed by atoms with Gasteiger partial charge >= 0.3 is 0 Å². The van der Waals surface area contributed by atoms with Crippen LogP contribution >= 0.6 is 0 Å². The van der Waals surface area contributed by atoms with Gasteiger partial charge in [-0.1, -0.05) is 38.8 Å². The predicted molar refractivity (Wildman–Crippen MR) is 85.8 cm³/mol. The number of hydrogen-bond donors (Lipinski definition) is 0. The van der Waals surface area contributed by atoms with Crippen molar-refractivity contribution in [1.82, 2.24) is 0 Å². The lowest BCUT2D eigenvalue weighted by Gasteiger charge is -2.59. The molecule has 0 aromatic heterocycles. The molecular formula is C19H29NO. The van der Waals surface area contributed by atoms with Crippen LogP contribution in [-0.2, 0) is 4.79 Å². The number of rotatable bonds is 1. The lowest BCUT2D eigenvalue weighted by Crippen LogP contribution is -2.51. The highest BCUT2D eigenvalue weighted by Crippen LogP contribution is 2.63. The molecule has 116 valence electrons. The predicted octanol–water partition coefficient (Wildman–Crippen LogP) is 5.04. The third-order valence-electron chi connectivity index (χ3n) is 6.98. The van der Waals surface area contributed by atoms with E-state index < -0.39 is 0 Å². The van der Waals surface area contributed by atoms with Crippen molar-refractivity contribution in [2.75, 3.05) is 0 Å². The molecule has 2 heteroatoms. The Balaban J connectivity index is 1.96. The Morgan fingerprint density at radius 2 is 1.90 bits per heavy atom. The molecule has 3 aliphatic rings. The SMILES string of the molecule is CC1(C)CCC[C@@]2(C)C1CCC1=C[C@](C)(N=C=O)CC[C@@H]12. The number of hydrogen-bond acceptors (Lipinski definition) is 2. The average Bonchev–Trinajstić information content (AvgIpc) is 2.37. The van der Waals surface area contributed by atoms with Crippen LogP contribution in [0.15, 0.2) is 16.6 Å². The highest BCUT2D eigenvalue weighted by atomic mass is 16.1. The van der Waals surface area contributed by atoms with Gasteiger partial charge in [0.15, 0.2) is 0 Å². The third-order valence-corrected chi connectivity index (χ3v) is 6.98. The van der Waals surface area contributed by atoms with Crippen LogP contribution in [0.5, 0.6) is 0 Å². The van der Waals surface area contributed by atoms with Crippen molar-refractivity contribution in [3.63, 3.8) is 0 Å². The summed E-state index contributed by atoms with van der Waals surface area (Å²) >= 11 is 0. The molecule has 0 N–H and O–H groups in total. The van der Waals surface area contributed by atoms with E-state index in [0.29, 0.717) is 16.7 Å². The molecule has 1 unspecified atom stereocenters. The van der Waals surface area contributed by atoms with Crippen LogP contribution < -0.4 is 0 Å². The Labute approximate surface area is 129 Å². The first-order valence-corrected chi connectivity index (χ1v) is 8.61. The van der Waals surface area contributed by atoms with Crippen molar-refractivity contribution in [2.45, 2.75) is 78.2 Å². The standard InChI is InChI=1S/C19H29NO/c1-17(2)9-5-10-19(4)15-8-11-18(3,20-13-21)12-14(15)6-7-16(17)19/h12,15-16H,5-11H2,1-4H3/t15-,16?,18+,19+/m0/s1. The van der Waals surface area contributed by atoms with E-state index in [0.717, 1.165) is 12.3 Å². The van der Waals surface area contributed by atoms with Gasteiger partial charge in [-0.3, -0.25) is 0 Å². The molecule has 0 spiro atoms. The summed E-state index contributed by atoms with van der Waals surface area (Å²) in [4.78, 5) is 14.8. The highest BCUT2D eigenvalue weighted by molar-refractivity contribution is 5.38. The lowest BCUT2D eigenvalue weighted by molar-refractivity contribution is -0.0578. The molecule has 0 saturated heterocycles. The Hall–Kier alpha value is -0.880. The smallest absolute Gasteiger partial charge is 0.211 e. The molecule has 0 amide bonds. The summed E-state index contributed by atoms with van der Waals surface area (Å²) < 4.78 is 0. The van der Waals surface area contributed by atoms with Gasteiger partial charge in [-0.25, -0.2) is 4.79 Å².